The lowest BCUT2D eigenvalue weighted by Gasteiger charge is -2.67. The molecule has 1 saturated heterocycles. The number of piperidine rings is 1. The van der Waals surface area contributed by atoms with Gasteiger partial charge in [-0.15, -0.1) is 0 Å². The van der Waals surface area contributed by atoms with Crippen LogP contribution in [-0.4, -0.2) is 60.2 Å². The number of rotatable bonds is 1. The first-order valence-electron chi connectivity index (χ1n) is 8.97. The first kappa shape index (κ1) is 15.0. The van der Waals surface area contributed by atoms with Crippen molar-refractivity contribution >= 4 is 0 Å². The molecule has 2 bridgehead atoms. The summed E-state index contributed by atoms with van der Waals surface area (Å²) in [4.78, 5) is 2.31. The van der Waals surface area contributed by atoms with Crippen molar-refractivity contribution < 1.29 is 19.7 Å². The average Bonchev–Trinajstić information content (AvgIpc) is 2.58. The Hall–Kier alpha value is -1.30. The molecule has 5 rings (SSSR count). The molecule has 4 aliphatic rings. The van der Waals surface area contributed by atoms with Gasteiger partial charge in [0.25, 0.3) is 0 Å². The summed E-state index contributed by atoms with van der Waals surface area (Å²) >= 11 is 0. The molecule has 130 valence electrons. The Morgan fingerprint density at radius 1 is 1.33 bits per heavy atom. The molecular weight excluding hydrogens is 306 g/mol. The maximum Gasteiger partial charge on any atom is 0.165 e. The highest BCUT2D eigenvalue weighted by Gasteiger charge is 2.70. The number of methoxy groups -OCH3 is 1. The van der Waals surface area contributed by atoms with Gasteiger partial charge >= 0.3 is 0 Å². The predicted molar refractivity (Wildman–Crippen MR) is 88.6 cm³/mol. The van der Waals surface area contributed by atoms with Crippen molar-refractivity contribution in [1.82, 2.24) is 4.90 Å². The minimum absolute atomic E-state index is 0.0499. The van der Waals surface area contributed by atoms with E-state index in [1.807, 2.05) is 6.07 Å². The maximum atomic E-state index is 11.9. The second-order valence-corrected chi connectivity index (χ2v) is 8.00. The van der Waals surface area contributed by atoms with Crippen molar-refractivity contribution in [2.75, 3.05) is 27.3 Å². The zero-order chi connectivity index (χ0) is 16.7. The van der Waals surface area contributed by atoms with E-state index >= 15 is 0 Å². The van der Waals surface area contributed by atoms with Crippen molar-refractivity contribution in [3.05, 3.63) is 23.3 Å². The van der Waals surface area contributed by atoms with Crippen LogP contribution in [0.2, 0.25) is 0 Å². The van der Waals surface area contributed by atoms with E-state index in [4.69, 9.17) is 9.47 Å². The van der Waals surface area contributed by atoms with Crippen LogP contribution in [0.3, 0.4) is 0 Å². The molecule has 1 aromatic rings. The minimum atomic E-state index is -0.804. The highest BCUT2D eigenvalue weighted by molar-refractivity contribution is 5.60. The topological polar surface area (TPSA) is 62.2 Å². The number of likely N-dealkylation sites (tertiary alicyclic amines) is 1. The number of likely N-dealkylation sites (N-methyl/N-ethyl adjacent to an activating group) is 1. The fourth-order valence-electron chi connectivity index (χ4n) is 6.23. The highest BCUT2D eigenvalue weighted by atomic mass is 16.5. The first-order valence-corrected chi connectivity index (χ1v) is 8.97. The minimum Gasteiger partial charge on any atom is -0.493 e. The molecule has 2 heterocycles. The molecule has 5 nitrogen and oxygen atoms in total. The number of aliphatic hydroxyl groups is 2. The van der Waals surface area contributed by atoms with Gasteiger partial charge in [-0.1, -0.05) is 6.07 Å². The van der Waals surface area contributed by atoms with E-state index in [2.05, 4.69) is 18.0 Å². The summed E-state index contributed by atoms with van der Waals surface area (Å²) in [6, 6.07) is 4.20. The summed E-state index contributed by atoms with van der Waals surface area (Å²) in [7, 11) is 3.78. The summed E-state index contributed by atoms with van der Waals surface area (Å²) in [6.07, 6.45) is 2.56. The van der Waals surface area contributed by atoms with Gasteiger partial charge in [0.1, 0.15) is 0 Å². The van der Waals surface area contributed by atoms with E-state index in [9.17, 15) is 10.2 Å². The molecule has 2 aliphatic heterocycles. The van der Waals surface area contributed by atoms with Crippen molar-refractivity contribution in [2.24, 2.45) is 5.92 Å². The molecular formula is C19H25NO4. The Kier molecular flexibility index (Phi) is 2.91. The molecule has 2 fully saturated rings. The van der Waals surface area contributed by atoms with E-state index < -0.39 is 17.1 Å². The number of benzene rings is 1. The average molecular weight is 331 g/mol. The normalized spacial score (nSPS) is 42.9. The summed E-state index contributed by atoms with van der Waals surface area (Å²) in [5, 5.41) is 22.7. The summed E-state index contributed by atoms with van der Waals surface area (Å²) < 4.78 is 11.6. The smallest absolute Gasteiger partial charge is 0.165 e. The Balaban J connectivity index is 1.84. The first-order chi connectivity index (χ1) is 11.5. The molecule has 1 saturated carbocycles. The maximum absolute atomic E-state index is 11.9. The summed E-state index contributed by atoms with van der Waals surface area (Å²) in [6.45, 7) is 1.39. The molecule has 2 N–H and O–H groups in total. The molecule has 5 heteroatoms. The molecule has 1 aromatic carbocycles. The summed E-state index contributed by atoms with van der Waals surface area (Å²) in [5.74, 6) is 1.48. The quantitative estimate of drug-likeness (QED) is 0.807. The van der Waals surface area contributed by atoms with Crippen LogP contribution in [0.15, 0.2) is 12.1 Å². The highest BCUT2D eigenvalue weighted by Crippen LogP contribution is 2.64. The molecule has 1 spiro atoms. The number of hydrogen-bond donors (Lipinski definition) is 2. The van der Waals surface area contributed by atoms with Gasteiger partial charge in [0.15, 0.2) is 11.5 Å². The SMILES string of the molecule is COc1ccc2c3c1OC[C@H]1C(O)CC[C@@]4(O)C(C2)N(C)CC[C@]314. The zero-order valence-corrected chi connectivity index (χ0v) is 14.3. The number of hydrogen-bond acceptors (Lipinski definition) is 5. The Morgan fingerprint density at radius 2 is 2.17 bits per heavy atom. The fraction of sp³-hybridized carbons (Fsp3) is 0.684. The Morgan fingerprint density at radius 3 is 2.96 bits per heavy atom. The van der Waals surface area contributed by atoms with Crippen LogP contribution in [0.4, 0.5) is 0 Å². The predicted octanol–water partition coefficient (Wildman–Crippen LogP) is 1.09. The molecule has 0 aromatic heterocycles. The summed E-state index contributed by atoms with van der Waals surface area (Å²) in [5.41, 5.74) is 1.13. The van der Waals surface area contributed by atoms with Gasteiger partial charge in [-0.05, 0) is 50.9 Å². The van der Waals surface area contributed by atoms with Gasteiger partial charge in [-0.3, -0.25) is 0 Å². The molecule has 5 atom stereocenters. The van der Waals surface area contributed by atoms with E-state index in [1.54, 1.807) is 7.11 Å². The van der Waals surface area contributed by atoms with E-state index in [-0.39, 0.29) is 12.0 Å². The molecule has 24 heavy (non-hydrogen) atoms. The zero-order valence-electron chi connectivity index (χ0n) is 14.3. The third-order valence-corrected chi connectivity index (χ3v) is 7.33. The molecule has 2 unspecified atom stereocenters. The fourth-order valence-corrected chi connectivity index (χ4v) is 6.23. The van der Waals surface area contributed by atoms with E-state index in [1.165, 1.54) is 5.56 Å². The van der Waals surface area contributed by atoms with E-state index in [0.717, 1.165) is 36.4 Å². The standard InChI is InChI=1S/C19H25NO4/c1-20-8-7-18-12-10-24-17-14(23-2)4-3-11(16(17)18)9-15(20)19(18,22)6-5-13(12)21/h3-4,12-13,15,21-22H,5-10H2,1-2H3/t12-,13?,15?,18+,19+/m0/s1. The van der Waals surface area contributed by atoms with Gasteiger partial charge in [0.2, 0.25) is 0 Å². The number of ether oxygens (including phenoxy) is 2. The third kappa shape index (κ3) is 1.48. The number of aliphatic hydroxyl groups excluding tert-OH is 1. The lowest BCUT2D eigenvalue weighted by Crippen LogP contribution is -2.77. The second-order valence-electron chi connectivity index (χ2n) is 8.00. The lowest BCUT2D eigenvalue weighted by molar-refractivity contribution is -0.213. The lowest BCUT2D eigenvalue weighted by atomic mass is 9.45. The molecule has 0 radical (unpaired) electrons. The third-order valence-electron chi connectivity index (χ3n) is 7.33. The number of nitrogens with zero attached hydrogens (tertiary/aromatic N) is 1. The van der Waals surface area contributed by atoms with Crippen molar-refractivity contribution in [3.63, 3.8) is 0 Å². The van der Waals surface area contributed by atoms with Crippen LogP contribution in [0.1, 0.15) is 30.4 Å². The van der Waals surface area contributed by atoms with Crippen LogP contribution in [0, 0.1) is 5.92 Å². The van der Waals surface area contributed by atoms with Gasteiger partial charge in [-0.2, -0.15) is 0 Å². The van der Waals surface area contributed by atoms with Crippen LogP contribution in [-0.2, 0) is 11.8 Å². The van der Waals surface area contributed by atoms with Crippen LogP contribution in [0.25, 0.3) is 0 Å². The van der Waals surface area contributed by atoms with Crippen LogP contribution in [0.5, 0.6) is 11.5 Å². The second kappa shape index (κ2) is 4.65. The monoisotopic (exact) mass is 331 g/mol. The van der Waals surface area contributed by atoms with Crippen LogP contribution >= 0.6 is 0 Å². The van der Waals surface area contributed by atoms with Gasteiger partial charge < -0.3 is 24.6 Å². The molecule has 0 amide bonds. The van der Waals surface area contributed by atoms with Gasteiger partial charge in [0, 0.05) is 22.9 Å². The van der Waals surface area contributed by atoms with E-state index in [0.29, 0.717) is 19.4 Å². The van der Waals surface area contributed by atoms with Crippen molar-refractivity contribution in [1.29, 1.82) is 0 Å². The van der Waals surface area contributed by atoms with Crippen molar-refractivity contribution in [2.45, 2.75) is 48.8 Å². The largest absolute Gasteiger partial charge is 0.493 e. The van der Waals surface area contributed by atoms with Crippen molar-refractivity contribution in [3.8, 4) is 11.5 Å². The Bertz CT molecular complexity index is 707. The molecule has 2 aliphatic carbocycles. The van der Waals surface area contributed by atoms with Gasteiger partial charge in [0.05, 0.1) is 25.4 Å². The Labute approximate surface area is 142 Å². The van der Waals surface area contributed by atoms with Crippen LogP contribution < -0.4 is 9.47 Å². The van der Waals surface area contributed by atoms with Gasteiger partial charge in [-0.25, -0.2) is 0 Å².